The summed E-state index contributed by atoms with van der Waals surface area (Å²) in [5.74, 6) is -0.538. The zero-order valence-corrected chi connectivity index (χ0v) is 15.8. The number of furan rings is 1. The fraction of sp³-hybridized carbons (Fsp3) is 0.211. The Morgan fingerprint density at radius 3 is 2.63 bits per heavy atom. The Hall–Kier alpha value is -3.06. The summed E-state index contributed by atoms with van der Waals surface area (Å²) in [6.45, 7) is 3.11. The molecule has 0 saturated carbocycles. The lowest BCUT2D eigenvalue weighted by molar-refractivity contribution is -0.146. The number of nitrogens with one attached hydrogen (secondary N) is 1. The highest BCUT2D eigenvalue weighted by molar-refractivity contribution is 6.30. The van der Waals surface area contributed by atoms with Crippen LogP contribution in [0.5, 0.6) is 0 Å². The Morgan fingerprint density at radius 2 is 2.00 bits per heavy atom. The van der Waals surface area contributed by atoms with Crippen LogP contribution in [-0.4, -0.2) is 34.3 Å². The highest BCUT2D eigenvalue weighted by Crippen LogP contribution is 2.26. The van der Waals surface area contributed by atoms with Crippen molar-refractivity contribution in [3.8, 4) is 17.1 Å². The molecule has 0 aliphatic heterocycles. The Labute approximate surface area is 160 Å². The Balaban J connectivity index is 2.02. The van der Waals surface area contributed by atoms with Gasteiger partial charge in [-0.25, -0.2) is 9.48 Å². The molecule has 7 nitrogen and oxygen atoms in total. The Bertz CT molecular complexity index is 977. The molecule has 27 heavy (non-hydrogen) atoms. The van der Waals surface area contributed by atoms with Crippen molar-refractivity contribution in [3.05, 3.63) is 59.4 Å². The van der Waals surface area contributed by atoms with Crippen LogP contribution < -0.4 is 5.32 Å². The maximum atomic E-state index is 12.7. The van der Waals surface area contributed by atoms with Crippen LogP contribution in [-0.2, 0) is 9.53 Å². The minimum atomic E-state index is -1.20. The van der Waals surface area contributed by atoms with Crippen molar-refractivity contribution >= 4 is 23.5 Å². The van der Waals surface area contributed by atoms with E-state index in [9.17, 15) is 9.59 Å². The molecule has 0 aliphatic rings. The highest BCUT2D eigenvalue weighted by atomic mass is 35.5. The number of aromatic nitrogens is 2. The molecule has 0 aliphatic carbocycles. The second-order valence-electron chi connectivity index (χ2n) is 6.35. The molecule has 0 unspecified atom stereocenters. The number of nitrogens with zero attached hydrogens (tertiary/aromatic N) is 2. The summed E-state index contributed by atoms with van der Waals surface area (Å²) in [6.07, 6.45) is 1.53. The number of halogens is 1. The van der Waals surface area contributed by atoms with Gasteiger partial charge in [-0.1, -0.05) is 17.7 Å². The number of hydrogen-bond acceptors (Lipinski definition) is 5. The van der Waals surface area contributed by atoms with Gasteiger partial charge in [0.05, 0.1) is 19.1 Å². The first-order valence-electron chi connectivity index (χ1n) is 8.12. The summed E-state index contributed by atoms with van der Waals surface area (Å²) in [6, 6.07) is 12.1. The molecule has 0 bridgehead atoms. The number of methoxy groups -OCH3 is 1. The van der Waals surface area contributed by atoms with E-state index in [0.29, 0.717) is 22.2 Å². The molecule has 0 fully saturated rings. The zero-order chi connectivity index (χ0) is 19.6. The van der Waals surface area contributed by atoms with E-state index in [0.717, 1.165) is 0 Å². The minimum absolute atomic E-state index is 0.123. The number of carbonyl (C=O) groups excluding carboxylic acids is 2. The van der Waals surface area contributed by atoms with E-state index in [-0.39, 0.29) is 5.69 Å². The average Bonchev–Trinajstić information content (AvgIpc) is 3.29. The van der Waals surface area contributed by atoms with Crippen molar-refractivity contribution in [2.45, 2.75) is 19.4 Å². The van der Waals surface area contributed by atoms with Gasteiger partial charge in [-0.2, -0.15) is 5.10 Å². The average molecular weight is 388 g/mol. The molecule has 2 heterocycles. The number of ether oxygens (including phenoxy) is 1. The molecular formula is C19H18ClN3O4. The molecular weight excluding hydrogens is 370 g/mol. The van der Waals surface area contributed by atoms with Crippen LogP contribution in [0.15, 0.2) is 53.1 Å². The van der Waals surface area contributed by atoms with Gasteiger partial charge in [0.15, 0.2) is 11.5 Å². The van der Waals surface area contributed by atoms with Crippen molar-refractivity contribution in [1.29, 1.82) is 0 Å². The van der Waals surface area contributed by atoms with Gasteiger partial charge in [0.1, 0.15) is 11.2 Å². The van der Waals surface area contributed by atoms with E-state index in [2.05, 4.69) is 10.4 Å². The number of carbonyl (C=O) groups is 2. The first-order valence-corrected chi connectivity index (χ1v) is 8.50. The molecule has 8 heteroatoms. The largest absolute Gasteiger partial charge is 0.467 e. The van der Waals surface area contributed by atoms with Crippen molar-refractivity contribution in [1.82, 2.24) is 15.1 Å². The van der Waals surface area contributed by atoms with Gasteiger partial charge in [-0.15, -0.1) is 0 Å². The predicted octanol–water partition coefficient (Wildman–Crippen LogP) is 3.47. The van der Waals surface area contributed by atoms with Crippen LogP contribution in [0, 0.1) is 0 Å². The maximum absolute atomic E-state index is 12.7. The highest BCUT2D eigenvalue weighted by Gasteiger charge is 2.32. The van der Waals surface area contributed by atoms with E-state index < -0.39 is 17.4 Å². The van der Waals surface area contributed by atoms with Crippen LogP contribution >= 0.6 is 11.6 Å². The Kier molecular flexibility index (Phi) is 5.05. The van der Waals surface area contributed by atoms with Crippen LogP contribution in [0.4, 0.5) is 0 Å². The third kappa shape index (κ3) is 3.88. The second-order valence-corrected chi connectivity index (χ2v) is 6.79. The monoisotopic (exact) mass is 387 g/mol. The van der Waals surface area contributed by atoms with E-state index in [4.69, 9.17) is 20.8 Å². The lowest BCUT2D eigenvalue weighted by Crippen LogP contribution is -2.50. The summed E-state index contributed by atoms with van der Waals surface area (Å²) in [7, 11) is 1.26. The molecule has 3 aromatic rings. The third-order valence-electron chi connectivity index (χ3n) is 3.89. The van der Waals surface area contributed by atoms with Crippen LogP contribution in [0.3, 0.4) is 0 Å². The van der Waals surface area contributed by atoms with E-state index in [1.165, 1.54) is 13.4 Å². The normalized spacial score (nSPS) is 11.3. The molecule has 0 spiro atoms. The number of amides is 1. The van der Waals surface area contributed by atoms with Crippen LogP contribution in [0.1, 0.15) is 24.3 Å². The quantitative estimate of drug-likeness (QED) is 0.677. The number of benzene rings is 1. The van der Waals surface area contributed by atoms with E-state index in [1.54, 1.807) is 54.9 Å². The summed E-state index contributed by atoms with van der Waals surface area (Å²) < 4.78 is 11.7. The summed E-state index contributed by atoms with van der Waals surface area (Å²) in [4.78, 5) is 24.5. The molecule has 0 radical (unpaired) electrons. The van der Waals surface area contributed by atoms with Crippen molar-refractivity contribution < 1.29 is 18.7 Å². The molecule has 140 valence electrons. The van der Waals surface area contributed by atoms with Crippen LogP contribution in [0.25, 0.3) is 17.1 Å². The Morgan fingerprint density at radius 1 is 1.22 bits per heavy atom. The van der Waals surface area contributed by atoms with Gasteiger partial charge in [0, 0.05) is 11.1 Å². The lowest BCUT2D eigenvalue weighted by Gasteiger charge is -2.22. The van der Waals surface area contributed by atoms with Gasteiger partial charge in [0.25, 0.3) is 5.91 Å². The second kappa shape index (κ2) is 7.28. The third-order valence-corrected chi connectivity index (χ3v) is 4.13. The van der Waals surface area contributed by atoms with Gasteiger partial charge in [0.2, 0.25) is 0 Å². The standard InChI is InChI=1S/C19H18ClN3O4/c1-19(2,18(25)26-3)21-17(24)14-11-15(16-8-5-9-27-16)23(22-14)13-7-4-6-12(20)10-13/h4-11H,1-3H3,(H,21,24). The topological polar surface area (TPSA) is 86.4 Å². The SMILES string of the molecule is COC(=O)C(C)(C)NC(=O)c1cc(-c2ccco2)n(-c2cccc(Cl)c2)n1. The van der Waals surface area contributed by atoms with Gasteiger partial charge in [-0.05, 0) is 44.2 Å². The molecule has 1 aromatic carbocycles. The van der Waals surface area contributed by atoms with Crippen molar-refractivity contribution in [2.75, 3.05) is 7.11 Å². The molecule has 2 aromatic heterocycles. The van der Waals surface area contributed by atoms with Gasteiger partial charge < -0.3 is 14.5 Å². The zero-order valence-electron chi connectivity index (χ0n) is 15.0. The maximum Gasteiger partial charge on any atom is 0.330 e. The number of esters is 1. The summed E-state index contributed by atoms with van der Waals surface area (Å²) in [5.41, 5.74) is 0.165. The van der Waals surface area contributed by atoms with Crippen molar-refractivity contribution in [3.63, 3.8) is 0 Å². The summed E-state index contributed by atoms with van der Waals surface area (Å²) >= 11 is 6.08. The molecule has 0 atom stereocenters. The fourth-order valence-electron chi connectivity index (χ4n) is 2.55. The summed E-state index contributed by atoms with van der Waals surface area (Å²) in [5, 5.41) is 7.54. The molecule has 1 N–H and O–H groups in total. The first-order chi connectivity index (χ1) is 12.8. The predicted molar refractivity (Wildman–Crippen MR) is 99.8 cm³/mol. The number of rotatable bonds is 5. The molecule has 3 rings (SSSR count). The van der Waals surface area contributed by atoms with Crippen LogP contribution in [0.2, 0.25) is 5.02 Å². The molecule has 1 amide bonds. The smallest absolute Gasteiger partial charge is 0.330 e. The fourth-order valence-corrected chi connectivity index (χ4v) is 2.74. The lowest BCUT2D eigenvalue weighted by atomic mass is 10.1. The first kappa shape index (κ1) is 18.7. The van der Waals surface area contributed by atoms with Crippen molar-refractivity contribution in [2.24, 2.45) is 0 Å². The minimum Gasteiger partial charge on any atom is -0.467 e. The van der Waals surface area contributed by atoms with E-state index >= 15 is 0 Å². The van der Waals surface area contributed by atoms with Gasteiger partial charge in [-0.3, -0.25) is 4.79 Å². The number of hydrogen-bond donors (Lipinski definition) is 1. The van der Waals surface area contributed by atoms with Gasteiger partial charge >= 0.3 is 5.97 Å². The molecule has 0 saturated heterocycles. The van der Waals surface area contributed by atoms with E-state index in [1.807, 2.05) is 6.07 Å².